The monoisotopic (exact) mass is 477 g/mol. The molecule has 0 unspecified atom stereocenters. The van der Waals surface area contributed by atoms with Crippen LogP contribution in [-0.4, -0.2) is 57.1 Å². The molecule has 0 aliphatic carbocycles. The quantitative estimate of drug-likeness (QED) is 0.530. The molecular formula is C23H23F4N5O2. The normalized spacial score (nSPS) is 18.9. The number of likely N-dealkylation sites (tertiary alicyclic amines) is 1. The number of rotatable bonds is 3. The van der Waals surface area contributed by atoms with Crippen LogP contribution in [-0.2, 0) is 10.9 Å². The van der Waals surface area contributed by atoms with E-state index in [9.17, 15) is 22.4 Å². The number of carbonyl (C=O) groups excluding carboxylic acids is 1. The summed E-state index contributed by atoms with van der Waals surface area (Å²) in [6, 6.07) is 7.21. The van der Waals surface area contributed by atoms with Crippen molar-refractivity contribution in [1.29, 1.82) is 0 Å². The predicted molar refractivity (Wildman–Crippen MR) is 118 cm³/mol. The Hall–Kier alpha value is -3.50. The van der Waals surface area contributed by atoms with E-state index in [2.05, 4.69) is 20.5 Å². The minimum Gasteiger partial charge on any atom is -0.444 e. The van der Waals surface area contributed by atoms with E-state index >= 15 is 0 Å². The predicted octanol–water partition coefficient (Wildman–Crippen LogP) is 5.08. The van der Waals surface area contributed by atoms with Crippen LogP contribution in [0.2, 0.25) is 0 Å². The van der Waals surface area contributed by atoms with Crippen LogP contribution in [0.4, 0.5) is 28.2 Å². The van der Waals surface area contributed by atoms with Gasteiger partial charge in [0, 0.05) is 23.7 Å². The highest BCUT2D eigenvalue weighted by molar-refractivity contribution is 5.97. The van der Waals surface area contributed by atoms with Crippen LogP contribution in [0.15, 0.2) is 42.6 Å². The highest BCUT2D eigenvalue weighted by Gasteiger charge is 2.38. The summed E-state index contributed by atoms with van der Waals surface area (Å²) in [6.07, 6.45) is -4.90. The molecule has 7 nitrogen and oxygen atoms in total. The third-order valence-electron chi connectivity index (χ3n) is 5.25. The van der Waals surface area contributed by atoms with E-state index < -0.39 is 35.6 Å². The van der Waals surface area contributed by atoms with E-state index in [1.165, 1.54) is 23.2 Å². The molecule has 34 heavy (non-hydrogen) atoms. The first-order valence-electron chi connectivity index (χ1n) is 10.6. The van der Waals surface area contributed by atoms with Gasteiger partial charge in [-0.2, -0.15) is 13.2 Å². The summed E-state index contributed by atoms with van der Waals surface area (Å²) in [7, 11) is 0. The number of pyridine rings is 1. The highest BCUT2D eigenvalue weighted by atomic mass is 19.4. The van der Waals surface area contributed by atoms with Crippen LogP contribution >= 0.6 is 0 Å². The van der Waals surface area contributed by atoms with Crippen molar-refractivity contribution in [3.05, 3.63) is 48.2 Å². The molecule has 1 N–H and O–H groups in total. The van der Waals surface area contributed by atoms with Crippen molar-refractivity contribution in [3.8, 4) is 11.3 Å². The van der Waals surface area contributed by atoms with E-state index in [-0.39, 0.29) is 18.9 Å². The van der Waals surface area contributed by atoms with Crippen molar-refractivity contribution in [1.82, 2.24) is 20.1 Å². The van der Waals surface area contributed by atoms with Gasteiger partial charge >= 0.3 is 12.3 Å². The van der Waals surface area contributed by atoms with Crippen LogP contribution in [0.3, 0.4) is 0 Å². The van der Waals surface area contributed by atoms with Gasteiger partial charge in [-0.3, -0.25) is 4.98 Å². The van der Waals surface area contributed by atoms with Crippen molar-refractivity contribution in [2.75, 3.05) is 18.4 Å². The molecule has 1 aromatic carbocycles. The van der Waals surface area contributed by atoms with E-state index in [0.717, 1.165) is 12.1 Å². The Bertz CT molecular complexity index is 1190. The van der Waals surface area contributed by atoms with Gasteiger partial charge in [-0.05, 0) is 45.0 Å². The summed E-state index contributed by atoms with van der Waals surface area (Å²) in [6.45, 7) is 5.13. The Balaban J connectivity index is 1.59. The molecule has 0 radical (unpaired) electrons. The number of nitrogens with one attached hydrogen (secondary N) is 1. The molecule has 11 heteroatoms. The van der Waals surface area contributed by atoms with Crippen LogP contribution in [0.1, 0.15) is 26.3 Å². The topological polar surface area (TPSA) is 80.2 Å². The van der Waals surface area contributed by atoms with Crippen molar-refractivity contribution >= 4 is 22.8 Å². The Morgan fingerprint density at radius 3 is 2.44 bits per heavy atom. The first kappa shape index (κ1) is 23.7. The molecule has 2 atom stereocenters. The number of hydrogen-bond donors (Lipinski definition) is 1. The molecule has 180 valence electrons. The van der Waals surface area contributed by atoms with Crippen LogP contribution in [0.5, 0.6) is 0 Å². The van der Waals surface area contributed by atoms with Crippen molar-refractivity contribution in [2.24, 2.45) is 0 Å². The Labute approximate surface area is 193 Å². The molecule has 3 heterocycles. The summed E-state index contributed by atoms with van der Waals surface area (Å²) in [5.41, 5.74) is -0.301. The number of alkyl halides is 4. The van der Waals surface area contributed by atoms with Gasteiger partial charge in [0.05, 0.1) is 18.2 Å². The molecule has 1 aliphatic heterocycles. The lowest BCUT2D eigenvalue weighted by Gasteiger charge is -2.24. The summed E-state index contributed by atoms with van der Waals surface area (Å²) in [5, 5.41) is 11.8. The fourth-order valence-corrected chi connectivity index (χ4v) is 3.67. The fourth-order valence-electron chi connectivity index (χ4n) is 3.67. The number of benzene rings is 1. The van der Waals surface area contributed by atoms with Crippen LogP contribution in [0, 0.1) is 0 Å². The third kappa shape index (κ3) is 5.02. The molecule has 1 saturated heterocycles. The number of carbonyl (C=O) groups is 1. The van der Waals surface area contributed by atoms with Crippen LogP contribution < -0.4 is 5.32 Å². The zero-order valence-electron chi connectivity index (χ0n) is 18.7. The lowest BCUT2D eigenvalue weighted by atomic mass is 10.0. The number of halogens is 4. The maximum absolute atomic E-state index is 14.7. The van der Waals surface area contributed by atoms with Gasteiger partial charge in [-0.15, -0.1) is 10.2 Å². The van der Waals surface area contributed by atoms with Crippen LogP contribution in [0.25, 0.3) is 22.2 Å². The summed E-state index contributed by atoms with van der Waals surface area (Å²) in [4.78, 5) is 17.9. The number of ether oxygens (including phenoxy) is 1. The zero-order chi connectivity index (χ0) is 24.7. The second-order valence-corrected chi connectivity index (χ2v) is 9.02. The maximum atomic E-state index is 14.7. The first-order valence-corrected chi connectivity index (χ1v) is 10.6. The van der Waals surface area contributed by atoms with Gasteiger partial charge < -0.3 is 15.0 Å². The first-order chi connectivity index (χ1) is 15.9. The van der Waals surface area contributed by atoms with Gasteiger partial charge in [0.25, 0.3) is 0 Å². The standard InChI is InChI=1S/C23H23F4N5O2/c1-22(2,3)34-21(33)32-11-16(24)17(12-32)29-20-19-15(5-4-10-28-19)18(30-31-20)13-6-8-14(9-7-13)23(25,26)27/h4-10,16-17H,11-12H2,1-3H3,(H,29,31)/t16-,17+/m0/s1. The number of hydrogen-bond acceptors (Lipinski definition) is 6. The number of aromatic nitrogens is 3. The molecular weight excluding hydrogens is 454 g/mol. The van der Waals surface area contributed by atoms with E-state index in [0.29, 0.717) is 22.2 Å². The van der Waals surface area contributed by atoms with Gasteiger partial charge in [0.2, 0.25) is 0 Å². The Kier molecular flexibility index (Phi) is 6.05. The second kappa shape index (κ2) is 8.69. The third-order valence-corrected chi connectivity index (χ3v) is 5.25. The van der Waals surface area contributed by atoms with Crippen molar-refractivity contribution < 1.29 is 27.1 Å². The number of nitrogens with zero attached hydrogens (tertiary/aromatic N) is 4. The molecule has 0 bridgehead atoms. The fraction of sp³-hybridized carbons (Fsp3) is 0.391. The molecule has 0 spiro atoms. The maximum Gasteiger partial charge on any atom is 0.416 e. The highest BCUT2D eigenvalue weighted by Crippen LogP contribution is 2.33. The smallest absolute Gasteiger partial charge is 0.416 e. The van der Waals surface area contributed by atoms with Crippen molar-refractivity contribution in [3.63, 3.8) is 0 Å². The molecule has 4 rings (SSSR count). The molecule has 1 aliphatic rings. The largest absolute Gasteiger partial charge is 0.444 e. The summed E-state index contributed by atoms with van der Waals surface area (Å²) >= 11 is 0. The lowest BCUT2D eigenvalue weighted by Crippen LogP contribution is -2.36. The Morgan fingerprint density at radius 2 is 1.79 bits per heavy atom. The average Bonchev–Trinajstić information content (AvgIpc) is 3.13. The molecule has 1 amide bonds. The van der Waals surface area contributed by atoms with E-state index in [4.69, 9.17) is 4.74 Å². The number of amides is 1. The molecule has 3 aromatic rings. The van der Waals surface area contributed by atoms with E-state index in [1.807, 2.05) is 0 Å². The molecule has 0 saturated carbocycles. The van der Waals surface area contributed by atoms with Gasteiger partial charge in [0.15, 0.2) is 5.82 Å². The van der Waals surface area contributed by atoms with Crippen molar-refractivity contribution in [2.45, 2.75) is 44.8 Å². The average molecular weight is 477 g/mol. The zero-order valence-corrected chi connectivity index (χ0v) is 18.7. The molecule has 1 fully saturated rings. The van der Waals surface area contributed by atoms with E-state index in [1.54, 1.807) is 32.9 Å². The summed E-state index contributed by atoms with van der Waals surface area (Å²) < 4.78 is 58.7. The van der Waals surface area contributed by atoms with Gasteiger partial charge in [0.1, 0.15) is 23.0 Å². The van der Waals surface area contributed by atoms with Gasteiger partial charge in [-0.25, -0.2) is 9.18 Å². The molecule has 2 aromatic heterocycles. The number of fused-ring (bicyclic) bond motifs is 1. The number of anilines is 1. The Morgan fingerprint density at radius 1 is 1.09 bits per heavy atom. The SMILES string of the molecule is CC(C)(C)OC(=O)N1C[C@H](F)[C@H](Nc2nnc(-c3ccc(C(F)(F)F)cc3)c3cccnc23)C1. The second-order valence-electron chi connectivity index (χ2n) is 9.02. The minimum atomic E-state index is -4.45. The lowest BCUT2D eigenvalue weighted by molar-refractivity contribution is -0.137. The minimum absolute atomic E-state index is 0.0622. The van der Waals surface area contributed by atoms with Gasteiger partial charge in [-0.1, -0.05) is 12.1 Å². The summed E-state index contributed by atoms with van der Waals surface area (Å²) in [5.74, 6) is 0.213.